The summed E-state index contributed by atoms with van der Waals surface area (Å²) >= 11 is 0. The van der Waals surface area contributed by atoms with Crippen LogP contribution in [-0.2, 0) is 4.79 Å². The van der Waals surface area contributed by atoms with Crippen LogP contribution >= 0.6 is 0 Å². The van der Waals surface area contributed by atoms with E-state index < -0.39 is 5.97 Å². The Balaban J connectivity index is 2.42. The number of aliphatic carboxylic acids is 1. The molecule has 0 amide bonds. The topological polar surface area (TPSA) is 46.5 Å². The maximum atomic E-state index is 11.7. The summed E-state index contributed by atoms with van der Waals surface area (Å²) in [5.74, 6) is 0.0486. The Labute approximate surface area is 114 Å². The van der Waals surface area contributed by atoms with Gasteiger partial charge in [0.05, 0.1) is 13.0 Å². The first-order valence-corrected chi connectivity index (χ1v) is 6.93. The van der Waals surface area contributed by atoms with E-state index in [0.29, 0.717) is 0 Å². The number of methoxy groups -OCH3 is 1. The van der Waals surface area contributed by atoms with Gasteiger partial charge in [-0.05, 0) is 55.4 Å². The van der Waals surface area contributed by atoms with Crippen LogP contribution in [0.1, 0.15) is 48.3 Å². The third-order valence-electron chi connectivity index (χ3n) is 4.47. The lowest BCUT2D eigenvalue weighted by molar-refractivity contribution is -0.140. The summed E-state index contributed by atoms with van der Waals surface area (Å²) in [5.41, 5.74) is 3.06. The van der Waals surface area contributed by atoms with Crippen molar-refractivity contribution < 1.29 is 14.6 Å². The van der Waals surface area contributed by atoms with Crippen molar-refractivity contribution in [3.05, 3.63) is 28.8 Å². The second-order valence-electron chi connectivity index (χ2n) is 5.47. The summed E-state index contributed by atoms with van der Waals surface area (Å²) in [4.78, 5) is 11.7. The minimum absolute atomic E-state index is 0.281. The lowest BCUT2D eigenvalue weighted by Crippen LogP contribution is -2.21. The molecule has 1 saturated carbocycles. The molecule has 1 aliphatic carbocycles. The van der Waals surface area contributed by atoms with Crippen molar-refractivity contribution in [1.82, 2.24) is 0 Å². The summed E-state index contributed by atoms with van der Waals surface area (Å²) in [6, 6.07) is 3.82. The monoisotopic (exact) mass is 262 g/mol. The van der Waals surface area contributed by atoms with Crippen LogP contribution in [0.5, 0.6) is 5.75 Å². The van der Waals surface area contributed by atoms with Gasteiger partial charge >= 0.3 is 5.97 Å². The van der Waals surface area contributed by atoms with Gasteiger partial charge in [0.15, 0.2) is 0 Å². The van der Waals surface area contributed by atoms with E-state index >= 15 is 0 Å². The molecule has 1 atom stereocenters. The smallest absolute Gasteiger partial charge is 0.311 e. The number of rotatable bonds is 4. The van der Waals surface area contributed by atoms with Gasteiger partial charge in [-0.25, -0.2) is 0 Å². The Morgan fingerprint density at radius 1 is 1.26 bits per heavy atom. The minimum Gasteiger partial charge on any atom is -0.496 e. The van der Waals surface area contributed by atoms with Gasteiger partial charge in [0.1, 0.15) is 5.75 Å². The summed E-state index contributed by atoms with van der Waals surface area (Å²) in [7, 11) is 1.65. The first-order valence-electron chi connectivity index (χ1n) is 6.93. The molecule has 1 aromatic carbocycles. The maximum Gasteiger partial charge on any atom is 0.311 e. The first kappa shape index (κ1) is 13.9. The highest BCUT2D eigenvalue weighted by Crippen LogP contribution is 2.40. The van der Waals surface area contributed by atoms with Crippen LogP contribution in [0.25, 0.3) is 0 Å². The molecule has 1 aromatic rings. The van der Waals surface area contributed by atoms with Gasteiger partial charge < -0.3 is 9.84 Å². The number of carbonyl (C=O) groups is 1. The molecule has 0 aromatic heterocycles. The van der Waals surface area contributed by atoms with Crippen LogP contribution in [0, 0.1) is 19.8 Å². The fourth-order valence-corrected chi connectivity index (χ4v) is 3.25. The highest BCUT2D eigenvalue weighted by Gasteiger charge is 2.33. The second kappa shape index (κ2) is 5.64. The van der Waals surface area contributed by atoms with Gasteiger partial charge in [0, 0.05) is 0 Å². The van der Waals surface area contributed by atoms with Gasteiger partial charge in [0.25, 0.3) is 0 Å². The van der Waals surface area contributed by atoms with Crippen LogP contribution in [0.15, 0.2) is 12.1 Å². The highest BCUT2D eigenvalue weighted by molar-refractivity contribution is 5.77. The van der Waals surface area contributed by atoms with Crippen molar-refractivity contribution in [3.63, 3.8) is 0 Å². The quantitative estimate of drug-likeness (QED) is 0.900. The molecule has 1 aliphatic rings. The third kappa shape index (κ3) is 2.60. The molecule has 0 radical (unpaired) electrons. The molecule has 1 fully saturated rings. The van der Waals surface area contributed by atoms with Gasteiger partial charge in [-0.1, -0.05) is 18.9 Å². The van der Waals surface area contributed by atoms with Crippen molar-refractivity contribution in [1.29, 1.82) is 0 Å². The largest absolute Gasteiger partial charge is 0.496 e. The van der Waals surface area contributed by atoms with Crippen LogP contribution < -0.4 is 4.74 Å². The molecule has 3 heteroatoms. The van der Waals surface area contributed by atoms with Crippen LogP contribution in [0.4, 0.5) is 0 Å². The van der Waals surface area contributed by atoms with Crippen LogP contribution in [0.3, 0.4) is 0 Å². The zero-order valence-electron chi connectivity index (χ0n) is 11.9. The van der Waals surface area contributed by atoms with Crippen LogP contribution in [0.2, 0.25) is 0 Å². The van der Waals surface area contributed by atoms with Crippen molar-refractivity contribution in [2.75, 3.05) is 7.11 Å². The SMILES string of the molecule is COc1ccc(C(C(=O)O)C2CCCC2)c(C)c1C. The number of hydrogen-bond acceptors (Lipinski definition) is 2. The van der Waals surface area contributed by atoms with E-state index in [4.69, 9.17) is 4.74 Å². The Kier molecular flexibility index (Phi) is 4.13. The van der Waals surface area contributed by atoms with E-state index in [1.54, 1.807) is 7.11 Å². The summed E-state index contributed by atoms with van der Waals surface area (Å²) in [6.45, 7) is 3.99. The molecule has 0 saturated heterocycles. The molecular weight excluding hydrogens is 240 g/mol. The summed E-state index contributed by atoms with van der Waals surface area (Å²) in [6.07, 6.45) is 4.37. The van der Waals surface area contributed by atoms with Gasteiger partial charge in [-0.15, -0.1) is 0 Å². The predicted molar refractivity (Wildman–Crippen MR) is 74.8 cm³/mol. The number of carboxylic acids is 1. The van der Waals surface area contributed by atoms with Crippen molar-refractivity contribution >= 4 is 5.97 Å². The van der Waals surface area contributed by atoms with Gasteiger partial charge in [0.2, 0.25) is 0 Å². The molecule has 104 valence electrons. The summed E-state index contributed by atoms with van der Waals surface area (Å²) < 4.78 is 5.30. The van der Waals surface area contributed by atoms with E-state index in [9.17, 15) is 9.90 Å². The number of ether oxygens (including phenoxy) is 1. The lowest BCUT2D eigenvalue weighted by atomic mass is 9.82. The average Bonchev–Trinajstić information content (AvgIpc) is 2.88. The molecular formula is C16H22O3. The van der Waals surface area contributed by atoms with E-state index in [0.717, 1.165) is 48.1 Å². The van der Waals surface area contributed by atoms with Crippen molar-refractivity contribution in [3.8, 4) is 5.75 Å². The molecule has 0 heterocycles. The van der Waals surface area contributed by atoms with Gasteiger partial charge in [-0.3, -0.25) is 4.79 Å². The van der Waals surface area contributed by atoms with Crippen LogP contribution in [-0.4, -0.2) is 18.2 Å². The Morgan fingerprint density at radius 3 is 2.42 bits per heavy atom. The number of carboxylic acid groups (broad SMARTS) is 1. The normalized spacial score (nSPS) is 17.4. The third-order valence-corrected chi connectivity index (χ3v) is 4.47. The zero-order valence-corrected chi connectivity index (χ0v) is 11.9. The fraction of sp³-hybridized carbons (Fsp3) is 0.562. The molecule has 0 aliphatic heterocycles. The molecule has 0 spiro atoms. The average molecular weight is 262 g/mol. The second-order valence-corrected chi connectivity index (χ2v) is 5.47. The van der Waals surface area contributed by atoms with Gasteiger partial charge in [-0.2, -0.15) is 0 Å². The molecule has 19 heavy (non-hydrogen) atoms. The van der Waals surface area contributed by atoms with Crippen molar-refractivity contribution in [2.45, 2.75) is 45.4 Å². The van der Waals surface area contributed by atoms with E-state index in [2.05, 4.69) is 0 Å². The maximum absolute atomic E-state index is 11.7. The Morgan fingerprint density at radius 2 is 1.89 bits per heavy atom. The fourth-order valence-electron chi connectivity index (χ4n) is 3.25. The Hall–Kier alpha value is -1.51. The van der Waals surface area contributed by atoms with E-state index in [-0.39, 0.29) is 11.8 Å². The number of hydrogen-bond donors (Lipinski definition) is 1. The summed E-state index contributed by atoms with van der Waals surface area (Å²) in [5, 5.41) is 9.60. The zero-order chi connectivity index (χ0) is 14.0. The molecule has 1 unspecified atom stereocenters. The predicted octanol–water partition coefficient (Wildman–Crippen LogP) is 3.67. The first-order chi connectivity index (χ1) is 9.06. The lowest BCUT2D eigenvalue weighted by Gasteiger charge is -2.23. The standard InChI is InChI=1S/C16H22O3/c1-10-11(2)14(19-3)9-8-13(10)15(16(17)18)12-6-4-5-7-12/h8-9,12,15H,4-7H2,1-3H3,(H,17,18). The molecule has 0 bridgehead atoms. The van der Waals surface area contributed by atoms with E-state index in [1.165, 1.54) is 0 Å². The molecule has 2 rings (SSSR count). The molecule has 1 N–H and O–H groups in total. The number of benzene rings is 1. The highest BCUT2D eigenvalue weighted by atomic mass is 16.5. The molecule has 3 nitrogen and oxygen atoms in total. The Bertz CT molecular complexity index is 473. The minimum atomic E-state index is -0.695. The van der Waals surface area contributed by atoms with Crippen molar-refractivity contribution in [2.24, 2.45) is 5.92 Å². The van der Waals surface area contributed by atoms with E-state index in [1.807, 2.05) is 26.0 Å².